The first-order chi connectivity index (χ1) is 10.3. The zero-order chi connectivity index (χ0) is 14.7. The molecule has 0 fully saturated rings. The van der Waals surface area contributed by atoms with Crippen molar-refractivity contribution in [2.75, 3.05) is 7.05 Å². The monoisotopic (exact) mass is 299 g/mol. The van der Waals surface area contributed by atoms with E-state index < -0.39 is 0 Å². The van der Waals surface area contributed by atoms with E-state index in [0.717, 1.165) is 21.8 Å². The van der Waals surface area contributed by atoms with Gasteiger partial charge in [-0.15, -0.1) is 11.3 Å². The van der Waals surface area contributed by atoms with Crippen LogP contribution in [0.5, 0.6) is 5.75 Å². The van der Waals surface area contributed by atoms with Gasteiger partial charge in [0.25, 0.3) is 0 Å². The molecule has 0 saturated heterocycles. The number of furan rings is 1. The smallest absolute Gasteiger partial charge is 0.206 e. The molecule has 0 unspecified atom stereocenters. The standard InChI is InChI=1S/C15H13N3O2S/c1-16-15-18(13(10-21-15)14-3-2-8-20-14)17-9-11-4-6-12(19)7-5-11/h2-10,19H,1H3. The summed E-state index contributed by atoms with van der Waals surface area (Å²) in [6.45, 7) is 0. The quantitative estimate of drug-likeness (QED) is 0.756. The van der Waals surface area contributed by atoms with Crippen molar-refractivity contribution in [2.24, 2.45) is 10.1 Å². The second kappa shape index (κ2) is 5.80. The molecule has 0 aliphatic carbocycles. The molecule has 1 aromatic carbocycles. The normalized spacial score (nSPS) is 12.3. The Morgan fingerprint density at radius 3 is 2.71 bits per heavy atom. The van der Waals surface area contributed by atoms with Gasteiger partial charge in [0.05, 0.1) is 12.5 Å². The Kier molecular flexibility index (Phi) is 3.70. The van der Waals surface area contributed by atoms with Gasteiger partial charge in [-0.1, -0.05) is 0 Å². The van der Waals surface area contributed by atoms with Crippen molar-refractivity contribution in [3.8, 4) is 17.2 Å². The molecule has 2 heterocycles. The van der Waals surface area contributed by atoms with E-state index in [1.165, 1.54) is 11.3 Å². The predicted octanol–water partition coefficient (Wildman–Crippen LogP) is 2.93. The fraction of sp³-hybridized carbons (Fsp3) is 0.0667. The molecular weight excluding hydrogens is 286 g/mol. The third kappa shape index (κ3) is 2.80. The van der Waals surface area contributed by atoms with Gasteiger partial charge in [-0.2, -0.15) is 5.10 Å². The fourth-order valence-corrected chi connectivity index (χ4v) is 2.63. The Bertz CT molecular complexity index is 811. The first kappa shape index (κ1) is 13.4. The number of aromatic nitrogens is 1. The molecule has 0 aliphatic rings. The summed E-state index contributed by atoms with van der Waals surface area (Å²) in [5.41, 5.74) is 1.74. The Morgan fingerprint density at radius 2 is 2.05 bits per heavy atom. The maximum absolute atomic E-state index is 9.28. The van der Waals surface area contributed by atoms with E-state index in [-0.39, 0.29) is 5.75 Å². The van der Waals surface area contributed by atoms with Crippen molar-refractivity contribution in [1.29, 1.82) is 0 Å². The van der Waals surface area contributed by atoms with Gasteiger partial charge in [0, 0.05) is 12.4 Å². The van der Waals surface area contributed by atoms with Gasteiger partial charge < -0.3 is 9.52 Å². The van der Waals surface area contributed by atoms with Crippen molar-refractivity contribution >= 4 is 17.6 Å². The SMILES string of the molecule is CN=c1scc(-c2ccco2)n1N=Cc1ccc(O)cc1. The number of aromatic hydroxyl groups is 1. The zero-order valence-electron chi connectivity index (χ0n) is 11.3. The average molecular weight is 299 g/mol. The predicted molar refractivity (Wildman–Crippen MR) is 82.6 cm³/mol. The first-order valence-corrected chi connectivity index (χ1v) is 7.16. The minimum atomic E-state index is 0.232. The van der Waals surface area contributed by atoms with E-state index in [9.17, 15) is 5.11 Å². The third-order valence-electron chi connectivity index (χ3n) is 2.87. The lowest BCUT2D eigenvalue weighted by Gasteiger charge is -2.00. The number of thiazole rings is 1. The summed E-state index contributed by atoms with van der Waals surface area (Å²) in [5.74, 6) is 0.972. The third-order valence-corrected chi connectivity index (χ3v) is 3.77. The first-order valence-electron chi connectivity index (χ1n) is 6.28. The highest BCUT2D eigenvalue weighted by molar-refractivity contribution is 7.07. The molecule has 2 aromatic heterocycles. The maximum Gasteiger partial charge on any atom is 0.206 e. The van der Waals surface area contributed by atoms with E-state index in [1.54, 1.807) is 48.5 Å². The van der Waals surface area contributed by atoms with Gasteiger partial charge in [0.15, 0.2) is 5.76 Å². The number of nitrogens with zero attached hydrogens (tertiary/aromatic N) is 3. The zero-order valence-corrected chi connectivity index (χ0v) is 12.1. The van der Waals surface area contributed by atoms with Crippen LogP contribution in [0.3, 0.4) is 0 Å². The molecule has 0 radical (unpaired) electrons. The highest BCUT2D eigenvalue weighted by Gasteiger charge is 2.09. The molecular formula is C15H13N3O2S. The van der Waals surface area contributed by atoms with Crippen LogP contribution in [-0.4, -0.2) is 23.0 Å². The van der Waals surface area contributed by atoms with Gasteiger partial charge in [-0.05, 0) is 42.0 Å². The topological polar surface area (TPSA) is 63.0 Å². The fourth-order valence-electron chi connectivity index (χ4n) is 1.84. The van der Waals surface area contributed by atoms with Gasteiger partial charge >= 0.3 is 0 Å². The molecule has 3 rings (SSSR count). The molecule has 0 amide bonds. The molecule has 5 nitrogen and oxygen atoms in total. The highest BCUT2D eigenvalue weighted by atomic mass is 32.1. The molecule has 21 heavy (non-hydrogen) atoms. The largest absolute Gasteiger partial charge is 0.508 e. The van der Waals surface area contributed by atoms with E-state index >= 15 is 0 Å². The molecule has 3 aromatic rings. The number of hydrogen-bond acceptors (Lipinski definition) is 5. The highest BCUT2D eigenvalue weighted by Crippen LogP contribution is 2.20. The molecule has 106 valence electrons. The number of hydrogen-bond donors (Lipinski definition) is 1. The minimum absolute atomic E-state index is 0.232. The van der Waals surface area contributed by atoms with E-state index in [1.807, 2.05) is 17.5 Å². The summed E-state index contributed by atoms with van der Waals surface area (Å²) < 4.78 is 7.16. The van der Waals surface area contributed by atoms with Crippen LogP contribution in [0.15, 0.2) is 62.6 Å². The van der Waals surface area contributed by atoms with E-state index in [4.69, 9.17) is 4.42 Å². The number of rotatable bonds is 3. The number of benzene rings is 1. The second-order valence-corrected chi connectivity index (χ2v) is 5.09. The summed E-state index contributed by atoms with van der Waals surface area (Å²) in [4.78, 5) is 4.99. The summed E-state index contributed by atoms with van der Waals surface area (Å²) in [5, 5.41) is 15.7. The molecule has 0 bridgehead atoms. The lowest BCUT2D eigenvalue weighted by Crippen LogP contribution is -2.11. The van der Waals surface area contributed by atoms with E-state index in [0.29, 0.717) is 0 Å². The summed E-state index contributed by atoms with van der Waals surface area (Å²) in [7, 11) is 1.73. The van der Waals surface area contributed by atoms with Gasteiger partial charge in [0.2, 0.25) is 4.80 Å². The lowest BCUT2D eigenvalue weighted by molar-refractivity contribution is 0.475. The van der Waals surface area contributed by atoms with Crippen LogP contribution in [0.1, 0.15) is 5.56 Å². The van der Waals surface area contributed by atoms with Crippen LogP contribution in [0.4, 0.5) is 0 Å². The molecule has 6 heteroatoms. The summed E-state index contributed by atoms with van der Waals surface area (Å²) in [6, 6.07) is 10.6. The van der Waals surface area contributed by atoms with Crippen LogP contribution in [0.25, 0.3) is 11.5 Å². The maximum atomic E-state index is 9.28. The van der Waals surface area contributed by atoms with Crippen LogP contribution in [-0.2, 0) is 0 Å². The number of phenols is 1. The van der Waals surface area contributed by atoms with Crippen molar-refractivity contribution in [3.05, 3.63) is 58.4 Å². The van der Waals surface area contributed by atoms with Crippen molar-refractivity contribution < 1.29 is 9.52 Å². The second-order valence-electron chi connectivity index (χ2n) is 4.25. The average Bonchev–Trinajstić information content (AvgIpc) is 3.15. The van der Waals surface area contributed by atoms with E-state index in [2.05, 4.69) is 10.1 Å². The van der Waals surface area contributed by atoms with Crippen LogP contribution < -0.4 is 4.80 Å². The Labute approximate surface area is 125 Å². The molecule has 0 saturated carbocycles. The Morgan fingerprint density at radius 1 is 1.24 bits per heavy atom. The van der Waals surface area contributed by atoms with Crippen molar-refractivity contribution in [2.45, 2.75) is 0 Å². The molecule has 0 atom stereocenters. The van der Waals surface area contributed by atoms with Gasteiger partial charge in [-0.25, -0.2) is 4.68 Å². The molecule has 0 spiro atoms. The van der Waals surface area contributed by atoms with Gasteiger partial charge in [0.1, 0.15) is 11.4 Å². The minimum Gasteiger partial charge on any atom is -0.508 e. The summed E-state index contributed by atoms with van der Waals surface area (Å²) >= 11 is 1.49. The van der Waals surface area contributed by atoms with Crippen LogP contribution in [0.2, 0.25) is 0 Å². The van der Waals surface area contributed by atoms with Crippen molar-refractivity contribution in [1.82, 2.24) is 4.68 Å². The van der Waals surface area contributed by atoms with Crippen LogP contribution >= 0.6 is 11.3 Å². The van der Waals surface area contributed by atoms with Crippen molar-refractivity contribution in [3.63, 3.8) is 0 Å². The summed E-state index contributed by atoms with van der Waals surface area (Å²) in [6.07, 6.45) is 3.34. The molecule has 1 N–H and O–H groups in total. The molecule has 0 aliphatic heterocycles. The Hall–Kier alpha value is -2.60. The van der Waals surface area contributed by atoms with Crippen LogP contribution in [0, 0.1) is 0 Å². The Balaban J connectivity index is 2.01. The van der Waals surface area contributed by atoms with Gasteiger partial charge in [-0.3, -0.25) is 4.99 Å². The lowest BCUT2D eigenvalue weighted by atomic mass is 10.2. The number of phenolic OH excluding ortho intramolecular Hbond substituents is 1.